The molecule has 3 heterocycles. The van der Waals surface area contributed by atoms with E-state index in [9.17, 15) is 13.2 Å². The van der Waals surface area contributed by atoms with E-state index in [1.54, 1.807) is 36.3 Å². The molecule has 4 aromatic rings. The number of sulfonamides is 1. The van der Waals surface area contributed by atoms with Crippen LogP contribution < -0.4 is 9.64 Å². The van der Waals surface area contributed by atoms with Crippen molar-refractivity contribution in [2.45, 2.75) is 38.1 Å². The van der Waals surface area contributed by atoms with Crippen molar-refractivity contribution in [2.75, 3.05) is 31.6 Å². The van der Waals surface area contributed by atoms with E-state index in [0.29, 0.717) is 36.8 Å². The van der Waals surface area contributed by atoms with Gasteiger partial charge in [-0.2, -0.15) is 9.40 Å². The Kier molecular flexibility index (Phi) is 7.51. The zero-order valence-corrected chi connectivity index (χ0v) is 23.3. The van der Waals surface area contributed by atoms with E-state index < -0.39 is 10.0 Å². The number of hydrogen-bond donors (Lipinski definition) is 0. The van der Waals surface area contributed by atoms with E-state index in [1.807, 2.05) is 48.9 Å². The number of para-hydroxylation sites is 1. The van der Waals surface area contributed by atoms with E-state index >= 15 is 0 Å². The van der Waals surface area contributed by atoms with Gasteiger partial charge in [0.25, 0.3) is 0 Å². The first-order chi connectivity index (χ1) is 18.3. The predicted octanol–water partition coefficient (Wildman–Crippen LogP) is 4.25. The number of nitrogens with zero attached hydrogens (tertiary/aromatic N) is 5. The summed E-state index contributed by atoms with van der Waals surface area (Å²) in [5.74, 6) is 0.292. The average Bonchev–Trinajstić information content (AvgIpc) is 3.50. The Balaban J connectivity index is 1.33. The summed E-state index contributed by atoms with van der Waals surface area (Å²) in [6.45, 7) is 5.51. The van der Waals surface area contributed by atoms with Crippen LogP contribution in [0.15, 0.2) is 59.5 Å². The highest BCUT2D eigenvalue weighted by Crippen LogP contribution is 2.32. The summed E-state index contributed by atoms with van der Waals surface area (Å²) in [4.78, 5) is 20.6. The van der Waals surface area contributed by atoms with Gasteiger partial charge in [-0.25, -0.2) is 13.4 Å². The smallest absolute Gasteiger partial charge is 0.243 e. The Labute approximate surface area is 226 Å². The van der Waals surface area contributed by atoms with Gasteiger partial charge in [0.2, 0.25) is 15.9 Å². The summed E-state index contributed by atoms with van der Waals surface area (Å²) in [7, 11) is -2.10. The minimum Gasteiger partial charge on any atom is -0.497 e. The lowest BCUT2D eigenvalue weighted by Crippen LogP contribution is -2.45. The maximum absolute atomic E-state index is 13.9. The van der Waals surface area contributed by atoms with Crippen LogP contribution in [-0.4, -0.2) is 60.1 Å². The average molecular weight is 554 g/mol. The second-order valence-electron chi connectivity index (χ2n) is 9.46. The molecule has 1 aliphatic rings. The number of carbonyl (C=O) groups excluding carboxylic acids is 1. The fourth-order valence-electron chi connectivity index (χ4n) is 4.83. The fourth-order valence-corrected chi connectivity index (χ4v) is 7.30. The number of anilines is 1. The van der Waals surface area contributed by atoms with Crippen LogP contribution in [0.5, 0.6) is 5.75 Å². The standard InChI is InChI=1S/C27H31N5O4S2/c1-19-18-20(2)32(29-19)17-16-31(27-28-24-6-4-5-7-25(24)37-27)26(33)21-12-14-30(15-13-21)38(34,35)23-10-8-22(36-3)9-11-23/h4-11,18,21H,12-17H2,1-3H3. The third-order valence-electron chi connectivity index (χ3n) is 6.92. The van der Waals surface area contributed by atoms with Crippen molar-refractivity contribution in [3.05, 3.63) is 66.0 Å². The molecule has 0 bridgehead atoms. The SMILES string of the molecule is COc1ccc(S(=O)(=O)N2CCC(C(=O)N(CCn3nc(C)cc3C)c3nc4ccccc4s3)CC2)cc1. The molecule has 1 amide bonds. The number of aryl methyl sites for hydroxylation is 2. The number of hydrogen-bond acceptors (Lipinski definition) is 7. The highest BCUT2D eigenvalue weighted by molar-refractivity contribution is 7.89. The molecule has 11 heteroatoms. The second kappa shape index (κ2) is 10.8. The van der Waals surface area contributed by atoms with Crippen molar-refractivity contribution in [1.29, 1.82) is 0 Å². The quantitative estimate of drug-likeness (QED) is 0.324. The molecular formula is C27H31N5O4S2. The number of amides is 1. The number of aromatic nitrogens is 3. The molecule has 0 unspecified atom stereocenters. The monoisotopic (exact) mass is 553 g/mol. The van der Waals surface area contributed by atoms with Gasteiger partial charge in [0, 0.05) is 31.2 Å². The molecule has 2 aromatic heterocycles. The number of ether oxygens (including phenoxy) is 1. The number of piperidine rings is 1. The molecule has 2 aromatic carbocycles. The number of thiazole rings is 1. The molecule has 38 heavy (non-hydrogen) atoms. The number of fused-ring (bicyclic) bond motifs is 1. The summed E-state index contributed by atoms with van der Waals surface area (Å²) in [5.41, 5.74) is 2.83. The third kappa shape index (κ3) is 5.31. The third-order valence-corrected chi connectivity index (χ3v) is 9.89. The molecule has 0 atom stereocenters. The normalized spacial score (nSPS) is 15.1. The zero-order valence-electron chi connectivity index (χ0n) is 21.7. The van der Waals surface area contributed by atoms with Gasteiger partial charge in [0.05, 0.1) is 34.5 Å². The number of benzene rings is 2. The number of carbonyl (C=O) groups is 1. The lowest BCUT2D eigenvalue weighted by molar-refractivity contribution is -0.123. The molecule has 1 aliphatic heterocycles. The first-order valence-electron chi connectivity index (χ1n) is 12.6. The van der Waals surface area contributed by atoms with E-state index in [2.05, 4.69) is 5.10 Å². The summed E-state index contributed by atoms with van der Waals surface area (Å²) in [5, 5.41) is 5.21. The minimum atomic E-state index is -3.64. The van der Waals surface area contributed by atoms with Crippen molar-refractivity contribution in [1.82, 2.24) is 19.1 Å². The Morgan fingerprint density at radius 3 is 2.45 bits per heavy atom. The highest BCUT2D eigenvalue weighted by Gasteiger charge is 2.35. The molecule has 1 saturated heterocycles. The van der Waals surface area contributed by atoms with Crippen LogP contribution in [0.3, 0.4) is 0 Å². The van der Waals surface area contributed by atoms with Crippen molar-refractivity contribution in [3.63, 3.8) is 0 Å². The molecule has 0 spiro atoms. The van der Waals surface area contributed by atoms with Crippen molar-refractivity contribution in [3.8, 4) is 5.75 Å². The van der Waals surface area contributed by atoms with Crippen LogP contribution in [0.4, 0.5) is 5.13 Å². The van der Waals surface area contributed by atoms with Crippen molar-refractivity contribution in [2.24, 2.45) is 5.92 Å². The van der Waals surface area contributed by atoms with Crippen molar-refractivity contribution < 1.29 is 17.9 Å². The molecule has 5 rings (SSSR count). The molecule has 9 nitrogen and oxygen atoms in total. The Hall–Kier alpha value is -3.28. The van der Waals surface area contributed by atoms with Crippen molar-refractivity contribution >= 4 is 42.6 Å². The van der Waals surface area contributed by atoms with Crippen LogP contribution >= 0.6 is 11.3 Å². The fraction of sp³-hybridized carbons (Fsp3) is 0.370. The Morgan fingerprint density at radius 1 is 1.11 bits per heavy atom. The lowest BCUT2D eigenvalue weighted by Gasteiger charge is -2.33. The highest BCUT2D eigenvalue weighted by atomic mass is 32.2. The number of rotatable bonds is 8. The molecule has 0 aliphatic carbocycles. The van der Waals surface area contributed by atoms with Gasteiger partial charge in [0.1, 0.15) is 5.75 Å². The van der Waals surface area contributed by atoms with Gasteiger partial charge in [-0.15, -0.1) is 0 Å². The zero-order chi connectivity index (χ0) is 26.9. The van der Waals surface area contributed by atoms with Gasteiger partial charge in [-0.3, -0.25) is 14.4 Å². The Morgan fingerprint density at radius 2 is 1.82 bits per heavy atom. The maximum Gasteiger partial charge on any atom is 0.243 e. The first kappa shape index (κ1) is 26.3. The Bertz CT molecular complexity index is 1500. The van der Waals surface area contributed by atoms with Crippen LogP contribution in [-0.2, 0) is 21.4 Å². The van der Waals surface area contributed by atoms with E-state index in [4.69, 9.17) is 9.72 Å². The van der Waals surface area contributed by atoms with Gasteiger partial charge < -0.3 is 4.74 Å². The number of methoxy groups -OCH3 is 1. The molecule has 200 valence electrons. The van der Waals surface area contributed by atoms with Crippen LogP contribution in [0, 0.1) is 19.8 Å². The second-order valence-corrected chi connectivity index (χ2v) is 12.4. The summed E-state index contributed by atoms with van der Waals surface area (Å²) < 4.78 is 35.9. The first-order valence-corrected chi connectivity index (χ1v) is 14.8. The van der Waals surface area contributed by atoms with Gasteiger partial charge in [-0.05, 0) is 69.2 Å². The van der Waals surface area contributed by atoms with E-state index in [1.165, 1.54) is 15.6 Å². The maximum atomic E-state index is 13.9. The van der Waals surface area contributed by atoms with Gasteiger partial charge in [0.15, 0.2) is 5.13 Å². The molecular weight excluding hydrogens is 522 g/mol. The lowest BCUT2D eigenvalue weighted by atomic mass is 9.96. The topological polar surface area (TPSA) is 97.6 Å². The molecule has 0 N–H and O–H groups in total. The van der Waals surface area contributed by atoms with Crippen LogP contribution in [0.1, 0.15) is 24.2 Å². The molecule has 0 radical (unpaired) electrons. The van der Waals surface area contributed by atoms with Gasteiger partial charge >= 0.3 is 0 Å². The predicted molar refractivity (Wildman–Crippen MR) is 148 cm³/mol. The van der Waals surface area contributed by atoms with E-state index in [-0.39, 0.29) is 29.8 Å². The summed E-state index contributed by atoms with van der Waals surface area (Å²) >= 11 is 1.50. The largest absolute Gasteiger partial charge is 0.497 e. The van der Waals surface area contributed by atoms with E-state index in [0.717, 1.165) is 21.6 Å². The van der Waals surface area contributed by atoms with Crippen LogP contribution in [0.2, 0.25) is 0 Å². The van der Waals surface area contributed by atoms with Crippen LogP contribution in [0.25, 0.3) is 10.2 Å². The van der Waals surface area contributed by atoms with Gasteiger partial charge in [-0.1, -0.05) is 23.5 Å². The molecule has 0 saturated carbocycles. The molecule has 1 fully saturated rings. The summed E-state index contributed by atoms with van der Waals surface area (Å²) in [6, 6.07) is 16.3. The summed E-state index contributed by atoms with van der Waals surface area (Å²) in [6.07, 6.45) is 0.908. The minimum absolute atomic E-state index is 0.0212.